The topological polar surface area (TPSA) is 80.5 Å². The number of likely N-dealkylation sites (tertiary alicyclic amines) is 1. The first kappa shape index (κ1) is 24.3. The van der Waals surface area contributed by atoms with Crippen molar-refractivity contribution >= 4 is 17.7 Å². The molecule has 1 saturated heterocycles. The first-order chi connectivity index (χ1) is 16.8. The highest BCUT2D eigenvalue weighted by Crippen LogP contribution is 2.21. The number of ether oxygens (including phenoxy) is 1. The lowest BCUT2D eigenvalue weighted by Gasteiger charge is -2.14. The second-order valence-electron chi connectivity index (χ2n) is 8.30. The number of thioether (sulfide) groups is 1. The number of benzene rings is 2. The van der Waals surface area contributed by atoms with Crippen molar-refractivity contribution in [2.75, 3.05) is 38.5 Å². The number of unbranched alkanes of at least 4 members (excludes halogenated alkanes) is 1. The second-order valence-corrected chi connectivity index (χ2v) is 9.41. The maximum atomic E-state index is 12.4. The summed E-state index contributed by atoms with van der Waals surface area (Å²) in [6.07, 6.45) is 4.76. The smallest absolute Gasteiger partial charge is 0.251 e. The fourth-order valence-electron chi connectivity index (χ4n) is 3.86. The Hall–Kier alpha value is -2.84. The van der Waals surface area contributed by atoms with E-state index < -0.39 is 0 Å². The molecule has 34 heavy (non-hydrogen) atoms. The van der Waals surface area contributed by atoms with Gasteiger partial charge in [-0.2, -0.15) is 0 Å². The first-order valence-electron chi connectivity index (χ1n) is 12.0. The average Bonchev–Trinajstić information content (AvgIpc) is 3.57. The van der Waals surface area contributed by atoms with E-state index in [1.807, 2.05) is 42.5 Å². The van der Waals surface area contributed by atoms with E-state index in [1.165, 1.54) is 25.9 Å². The van der Waals surface area contributed by atoms with Crippen molar-refractivity contribution in [3.63, 3.8) is 0 Å². The zero-order valence-corrected chi connectivity index (χ0v) is 20.3. The quantitative estimate of drug-likeness (QED) is 0.357. The highest BCUT2D eigenvalue weighted by atomic mass is 32.2. The minimum atomic E-state index is -0.0481. The van der Waals surface area contributed by atoms with Crippen molar-refractivity contribution in [3.8, 4) is 17.2 Å². The summed E-state index contributed by atoms with van der Waals surface area (Å²) in [5, 5.41) is 11.3. The molecular formula is C26H32N4O3S. The molecule has 1 aliphatic heterocycles. The molecular weight excluding hydrogens is 448 g/mol. The SMILES string of the molecule is O=C(NCCCCN1CCCC1)c1ccc(-c2nnc(CSCCOc3ccccc3)o2)cc1. The highest BCUT2D eigenvalue weighted by Gasteiger charge is 2.12. The molecule has 0 spiro atoms. The van der Waals surface area contributed by atoms with Gasteiger partial charge in [0.05, 0.1) is 12.4 Å². The minimum absolute atomic E-state index is 0.0481. The Labute approximate surface area is 205 Å². The van der Waals surface area contributed by atoms with E-state index in [-0.39, 0.29) is 5.91 Å². The van der Waals surface area contributed by atoms with Crippen LogP contribution in [0.1, 0.15) is 41.9 Å². The van der Waals surface area contributed by atoms with Crippen molar-refractivity contribution in [1.82, 2.24) is 20.4 Å². The molecule has 4 rings (SSSR count). The predicted octanol–water partition coefficient (Wildman–Crippen LogP) is 4.65. The number of amides is 1. The van der Waals surface area contributed by atoms with Crippen LogP contribution in [0.15, 0.2) is 59.0 Å². The van der Waals surface area contributed by atoms with Crippen LogP contribution < -0.4 is 10.1 Å². The van der Waals surface area contributed by atoms with E-state index in [4.69, 9.17) is 9.15 Å². The molecule has 0 unspecified atom stereocenters. The number of aromatic nitrogens is 2. The molecule has 0 bridgehead atoms. The van der Waals surface area contributed by atoms with Gasteiger partial charge in [-0.25, -0.2) is 0 Å². The number of nitrogens with zero attached hydrogens (tertiary/aromatic N) is 3. The molecule has 1 fully saturated rings. The molecule has 1 aliphatic rings. The van der Waals surface area contributed by atoms with Crippen molar-refractivity contribution in [2.45, 2.75) is 31.4 Å². The van der Waals surface area contributed by atoms with Gasteiger partial charge in [0.25, 0.3) is 5.91 Å². The Morgan fingerprint density at radius 3 is 2.62 bits per heavy atom. The normalized spacial score (nSPS) is 13.8. The molecule has 1 N–H and O–H groups in total. The van der Waals surface area contributed by atoms with Crippen LogP contribution in [0.2, 0.25) is 0 Å². The standard InChI is InChI=1S/C26H32N4O3S/c31-25(27-14-4-5-15-30-16-6-7-17-30)21-10-12-22(13-11-21)26-29-28-24(33-26)20-34-19-18-32-23-8-2-1-3-9-23/h1-3,8-13H,4-7,14-20H2,(H,27,31). The van der Waals surface area contributed by atoms with Gasteiger partial charge in [-0.3, -0.25) is 4.79 Å². The summed E-state index contributed by atoms with van der Waals surface area (Å²) in [5.41, 5.74) is 1.44. The molecule has 2 heterocycles. The highest BCUT2D eigenvalue weighted by molar-refractivity contribution is 7.98. The molecule has 0 radical (unpaired) electrons. The van der Waals surface area contributed by atoms with Crippen LogP contribution in [0.25, 0.3) is 11.5 Å². The molecule has 2 aromatic carbocycles. The molecule has 7 nitrogen and oxygen atoms in total. The van der Waals surface area contributed by atoms with E-state index in [1.54, 1.807) is 23.9 Å². The Balaban J connectivity index is 1.14. The van der Waals surface area contributed by atoms with Gasteiger partial charge in [-0.1, -0.05) is 18.2 Å². The van der Waals surface area contributed by atoms with E-state index in [9.17, 15) is 4.79 Å². The largest absolute Gasteiger partial charge is 0.493 e. The third-order valence-corrected chi connectivity index (χ3v) is 6.62. The molecule has 1 aromatic heterocycles. The van der Waals surface area contributed by atoms with Gasteiger partial charge in [0.15, 0.2) is 0 Å². The molecule has 3 aromatic rings. The zero-order valence-electron chi connectivity index (χ0n) is 19.4. The van der Waals surface area contributed by atoms with Crippen molar-refractivity contribution in [3.05, 3.63) is 66.1 Å². The van der Waals surface area contributed by atoms with Crippen LogP contribution in [0.4, 0.5) is 0 Å². The summed E-state index contributed by atoms with van der Waals surface area (Å²) in [7, 11) is 0. The molecule has 180 valence electrons. The van der Waals surface area contributed by atoms with Gasteiger partial charge in [0.1, 0.15) is 5.75 Å². The average molecular weight is 481 g/mol. The summed E-state index contributed by atoms with van der Waals surface area (Å²) in [6, 6.07) is 17.1. The third kappa shape index (κ3) is 7.60. The fraction of sp³-hybridized carbons (Fsp3) is 0.423. The van der Waals surface area contributed by atoms with Crippen LogP contribution >= 0.6 is 11.8 Å². The van der Waals surface area contributed by atoms with Crippen LogP contribution in [0, 0.1) is 0 Å². The Morgan fingerprint density at radius 1 is 1.03 bits per heavy atom. The number of nitrogens with one attached hydrogen (secondary N) is 1. The Morgan fingerprint density at radius 2 is 1.82 bits per heavy atom. The van der Waals surface area contributed by atoms with E-state index in [2.05, 4.69) is 20.4 Å². The van der Waals surface area contributed by atoms with Gasteiger partial charge in [-0.15, -0.1) is 22.0 Å². The van der Waals surface area contributed by atoms with Crippen LogP contribution in [0.5, 0.6) is 5.75 Å². The zero-order chi connectivity index (χ0) is 23.4. The number of para-hydroxylation sites is 1. The van der Waals surface area contributed by atoms with E-state index >= 15 is 0 Å². The number of carbonyl (C=O) groups is 1. The maximum Gasteiger partial charge on any atom is 0.251 e. The van der Waals surface area contributed by atoms with Crippen molar-refractivity contribution < 1.29 is 13.9 Å². The fourth-order valence-corrected chi connectivity index (χ4v) is 4.49. The van der Waals surface area contributed by atoms with E-state index in [0.717, 1.165) is 36.5 Å². The van der Waals surface area contributed by atoms with Gasteiger partial charge >= 0.3 is 0 Å². The van der Waals surface area contributed by atoms with Gasteiger partial charge < -0.3 is 19.4 Å². The minimum Gasteiger partial charge on any atom is -0.493 e. The maximum absolute atomic E-state index is 12.4. The Bertz CT molecular complexity index is 1000. The first-order valence-corrected chi connectivity index (χ1v) is 13.1. The molecule has 0 saturated carbocycles. The number of carbonyl (C=O) groups excluding carboxylic acids is 1. The molecule has 0 atom stereocenters. The lowest BCUT2D eigenvalue weighted by Crippen LogP contribution is -2.26. The van der Waals surface area contributed by atoms with Crippen molar-refractivity contribution in [2.24, 2.45) is 0 Å². The Kier molecular flexibility index (Phi) is 9.39. The summed E-state index contributed by atoms with van der Waals surface area (Å²) in [6.45, 7) is 4.91. The molecule has 0 aliphatic carbocycles. The number of hydrogen-bond acceptors (Lipinski definition) is 7. The summed E-state index contributed by atoms with van der Waals surface area (Å²) in [5.74, 6) is 3.32. The molecule has 1 amide bonds. The number of rotatable bonds is 13. The van der Waals surface area contributed by atoms with Gasteiger partial charge in [0.2, 0.25) is 11.8 Å². The lowest BCUT2D eigenvalue weighted by molar-refractivity contribution is 0.0952. The summed E-state index contributed by atoms with van der Waals surface area (Å²) < 4.78 is 11.5. The van der Waals surface area contributed by atoms with Crippen LogP contribution in [-0.2, 0) is 5.75 Å². The van der Waals surface area contributed by atoms with Gasteiger partial charge in [0, 0.05) is 23.4 Å². The lowest BCUT2D eigenvalue weighted by atomic mass is 10.1. The van der Waals surface area contributed by atoms with Gasteiger partial charge in [-0.05, 0) is 81.7 Å². The monoisotopic (exact) mass is 480 g/mol. The van der Waals surface area contributed by atoms with Crippen LogP contribution in [-0.4, -0.2) is 59.5 Å². The third-order valence-electron chi connectivity index (χ3n) is 5.71. The number of hydrogen-bond donors (Lipinski definition) is 1. The summed E-state index contributed by atoms with van der Waals surface area (Å²) >= 11 is 1.68. The summed E-state index contributed by atoms with van der Waals surface area (Å²) in [4.78, 5) is 14.9. The second kappa shape index (κ2) is 13.2. The van der Waals surface area contributed by atoms with Crippen LogP contribution in [0.3, 0.4) is 0 Å². The molecule has 8 heteroatoms. The van der Waals surface area contributed by atoms with E-state index in [0.29, 0.717) is 36.2 Å². The predicted molar refractivity (Wildman–Crippen MR) is 135 cm³/mol. The van der Waals surface area contributed by atoms with Crippen molar-refractivity contribution in [1.29, 1.82) is 0 Å².